The average Bonchev–Trinajstić information content (AvgIpc) is 2.93. The Balaban J connectivity index is 2.11. The van der Waals surface area contributed by atoms with E-state index in [0.717, 1.165) is 9.87 Å². The Labute approximate surface area is 263 Å². The molecule has 3 aromatic carbocycles. The fourth-order valence-electron chi connectivity index (χ4n) is 4.38. The molecule has 0 fully saturated rings. The number of anilines is 1. The van der Waals surface area contributed by atoms with Crippen LogP contribution in [0.3, 0.4) is 0 Å². The van der Waals surface area contributed by atoms with E-state index >= 15 is 0 Å². The Kier molecular flexibility index (Phi) is 11.7. The fourth-order valence-corrected chi connectivity index (χ4v) is 6.48. The van der Waals surface area contributed by atoms with Crippen molar-refractivity contribution in [2.45, 2.75) is 58.5 Å². The van der Waals surface area contributed by atoms with Crippen LogP contribution >= 0.6 is 34.8 Å². The van der Waals surface area contributed by atoms with Crippen LogP contribution in [0, 0.1) is 19.8 Å². The number of halogens is 3. The summed E-state index contributed by atoms with van der Waals surface area (Å²) in [5.41, 5.74) is 2.33. The summed E-state index contributed by atoms with van der Waals surface area (Å²) in [5.74, 6) is -0.721. The maximum Gasteiger partial charge on any atom is 0.264 e. The molecule has 42 heavy (non-hydrogen) atoms. The summed E-state index contributed by atoms with van der Waals surface area (Å²) in [4.78, 5) is 29.0. The molecule has 0 aliphatic carbocycles. The largest absolute Gasteiger partial charge is 0.354 e. The standard InChI is InChI=1S/C31H36Cl3N3O4S/c1-6-28(31(39)35-17-20(2)3)36(18-23-10-12-24(32)15-27(23)34)30(38)19-37(29-16-25(33)11-9-22(29)5)42(40,41)26-13-7-21(4)8-14-26/h7-16,20,28H,6,17-19H2,1-5H3,(H,35,39)/t28-/m0/s1. The molecule has 0 unspecified atom stereocenters. The molecule has 1 atom stereocenters. The first kappa shape index (κ1) is 33.7. The van der Waals surface area contributed by atoms with Gasteiger partial charge in [0.2, 0.25) is 11.8 Å². The van der Waals surface area contributed by atoms with Gasteiger partial charge < -0.3 is 10.2 Å². The Hall–Kier alpha value is -2.78. The van der Waals surface area contributed by atoms with Gasteiger partial charge in [0.15, 0.2) is 0 Å². The molecular weight excluding hydrogens is 617 g/mol. The molecule has 11 heteroatoms. The predicted octanol–water partition coefficient (Wildman–Crippen LogP) is 7.04. The van der Waals surface area contributed by atoms with Crippen LogP contribution in [0.4, 0.5) is 5.69 Å². The molecule has 0 bridgehead atoms. The minimum atomic E-state index is -4.22. The Morgan fingerprint density at radius 2 is 1.52 bits per heavy atom. The van der Waals surface area contributed by atoms with Crippen LogP contribution < -0.4 is 9.62 Å². The second kappa shape index (κ2) is 14.6. The number of carbonyl (C=O) groups excluding carboxylic acids is 2. The van der Waals surface area contributed by atoms with Gasteiger partial charge in [-0.2, -0.15) is 0 Å². The quantitative estimate of drug-likeness (QED) is 0.227. The van der Waals surface area contributed by atoms with E-state index in [0.29, 0.717) is 39.2 Å². The Morgan fingerprint density at radius 3 is 2.12 bits per heavy atom. The average molecular weight is 653 g/mol. The van der Waals surface area contributed by atoms with E-state index in [-0.39, 0.29) is 29.0 Å². The maximum atomic E-state index is 14.2. The second-order valence-electron chi connectivity index (χ2n) is 10.6. The van der Waals surface area contributed by atoms with E-state index < -0.39 is 28.5 Å². The molecule has 0 spiro atoms. The molecule has 0 heterocycles. The summed E-state index contributed by atoms with van der Waals surface area (Å²) in [5, 5.41) is 3.97. The lowest BCUT2D eigenvalue weighted by Crippen LogP contribution is -2.52. The highest BCUT2D eigenvalue weighted by Gasteiger charge is 2.34. The van der Waals surface area contributed by atoms with Crippen LogP contribution in [0.15, 0.2) is 65.6 Å². The number of nitrogens with zero attached hydrogens (tertiary/aromatic N) is 2. The van der Waals surface area contributed by atoms with Gasteiger partial charge in [-0.25, -0.2) is 8.42 Å². The van der Waals surface area contributed by atoms with Crippen molar-refractivity contribution in [1.29, 1.82) is 0 Å². The lowest BCUT2D eigenvalue weighted by atomic mass is 10.1. The zero-order valence-electron chi connectivity index (χ0n) is 24.3. The summed E-state index contributed by atoms with van der Waals surface area (Å²) < 4.78 is 29.2. The first-order valence-corrected chi connectivity index (χ1v) is 16.2. The van der Waals surface area contributed by atoms with Crippen molar-refractivity contribution in [1.82, 2.24) is 10.2 Å². The summed E-state index contributed by atoms with van der Waals surface area (Å²) >= 11 is 18.9. The van der Waals surface area contributed by atoms with Crippen molar-refractivity contribution in [3.05, 3.63) is 92.4 Å². The molecule has 226 valence electrons. The van der Waals surface area contributed by atoms with E-state index in [1.807, 2.05) is 20.8 Å². The monoisotopic (exact) mass is 651 g/mol. The van der Waals surface area contributed by atoms with E-state index in [1.165, 1.54) is 23.1 Å². The first-order chi connectivity index (χ1) is 19.7. The third kappa shape index (κ3) is 8.40. The molecule has 2 amide bonds. The zero-order valence-corrected chi connectivity index (χ0v) is 27.4. The van der Waals surface area contributed by atoms with Gasteiger partial charge in [0.25, 0.3) is 10.0 Å². The number of aryl methyl sites for hydroxylation is 2. The molecule has 0 aliphatic rings. The number of benzene rings is 3. The third-order valence-electron chi connectivity index (χ3n) is 6.75. The van der Waals surface area contributed by atoms with Crippen LogP contribution in [0.25, 0.3) is 0 Å². The van der Waals surface area contributed by atoms with Gasteiger partial charge in [0.1, 0.15) is 12.6 Å². The molecule has 3 aromatic rings. The van der Waals surface area contributed by atoms with Crippen molar-refractivity contribution in [3.63, 3.8) is 0 Å². The lowest BCUT2D eigenvalue weighted by Gasteiger charge is -2.34. The number of hydrogen-bond donors (Lipinski definition) is 1. The fraction of sp³-hybridized carbons (Fsp3) is 0.355. The number of carbonyl (C=O) groups is 2. The number of amides is 2. The summed E-state index contributed by atoms with van der Waals surface area (Å²) in [6, 6.07) is 15.3. The number of nitrogens with one attached hydrogen (secondary N) is 1. The topological polar surface area (TPSA) is 86.8 Å². The van der Waals surface area contributed by atoms with Crippen LogP contribution in [0.2, 0.25) is 15.1 Å². The molecule has 0 radical (unpaired) electrons. The van der Waals surface area contributed by atoms with Gasteiger partial charge in [-0.1, -0.05) is 85.4 Å². The molecule has 0 saturated carbocycles. The van der Waals surface area contributed by atoms with Gasteiger partial charge in [-0.15, -0.1) is 0 Å². The minimum absolute atomic E-state index is 0.0225. The third-order valence-corrected chi connectivity index (χ3v) is 9.35. The number of sulfonamides is 1. The maximum absolute atomic E-state index is 14.2. The Bertz CT molecular complexity index is 1530. The minimum Gasteiger partial charge on any atom is -0.354 e. The molecule has 0 saturated heterocycles. The highest BCUT2D eigenvalue weighted by Crippen LogP contribution is 2.31. The van der Waals surface area contributed by atoms with E-state index in [1.54, 1.807) is 56.3 Å². The summed E-state index contributed by atoms with van der Waals surface area (Å²) in [6.07, 6.45) is 0.293. The number of rotatable bonds is 12. The molecule has 0 aromatic heterocycles. The molecule has 7 nitrogen and oxygen atoms in total. The lowest BCUT2D eigenvalue weighted by molar-refractivity contribution is -0.140. The van der Waals surface area contributed by atoms with Crippen molar-refractivity contribution in [3.8, 4) is 0 Å². The van der Waals surface area contributed by atoms with Gasteiger partial charge in [0, 0.05) is 28.2 Å². The van der Waals surface area contributed by atoms with Crippen LogP contribution in [-0.4, -0.2) is 44.3 Å². The van der Waals surface area contributed by atoms with Gasteiger partial charge in [-0.05, 0) is 73.7 Å². The molecule has 3 rings (SSSR count). The zero-order chi connectivity index (χ0) is 31.2. The van der Waals surface area contributed by atoms with Crippen molar-refractivity contribution >= 4 is 62.3 Å². The summed E-state index contributed by atoms with van der Waals surface area (Å²) in [7, 11) is -4.22. The highest BCUT2D eigenvalue weighted by atomic mass is 35.5. The molecule has 1 N–H and O–H groups in total. The van der Waals surface area contributed by atoms with Crippen LogP contribution in [0.1, 0.15) is 43.9 Å². The molecular formula is C31H36Cl3N3O4S. The first-order valence-electron chi connectivity index (χ1n) is 13.6. The van der Waals surface area contributed by atoms with Crippen molar-refractivity contribution < 1.29 is 18.0 Å². The van der Waals surface area contributed by atoms with E-state index in [4.69, 9.17) is 34.8 Å². The SMILES string of the molecule is CC[C@@H](C(=O)NCC(C)C)N(Cc1ccc(Cl)cc1Cl)C(=O)CN(c1cc(Cl)ccc1C)S(=O)(=O)c1ccc(C)cc1. The van der Waals surface area contributed by atoms with E-state index in [9.17, 15) is 18.0 Å². The van der Waals surface area contributed by atoms with Crippen LogP contribution in [0.5, 0.6) is 0 Å². The van der Waals surface area contributed by atoms with Crippen molar-refractivity contribution in [2.24, 2.45) is 5.92 Å². The predicted molar refractivity (Wildman–Crippen MR) is 171 cm³/mol. The summed E-state index contributed by atoms with van der Waals surface area (Å²) in [6.45, 7) is 9.16. The van der Waals surface area contributed by atoms with Gasteiger partial charge in [0.05, 0.1) is 10.6 Å². The molecule has 0 aliphatic heterocycles. The van der Waals surface area contributed by atoms with Gasteiger partial charge >= 0.3 is 0 Å². The highest BCUT2D eigenvalue weighted by molar-refractivity contribution is 7.92. The van der Waals surface area contributed by atoms with E-state index in [2.05, 4.69) is 5.32 Å². The van der Waals surface area contributed by atoms with Crippen LogP contribution in [-0.2, 0) is 26.2 Å². The second-order valence-corrected chi connectivity index (χ2v) is 13.7. The number of hydrogen-bond acceptors (Lipinski definition) is 4. The smallest absolute Gasteiger partial charge is 0.264 e. The van der Waals surface area contributed by atoms with Crippen molar-refractivity contribution in [2.75, 3.05) is 17.4 Å². The Morgan fingerprint density at radius 1 is 0.905 bits per heavy atom. The van der Waals surface area contributed by atoms with Gasteiger partial charge in [-0.3, -0.25) is 13.9 Å². The normalized spacial score (nSPS) is 12.2.